The fourth-order valence-corrected chi connectivity index (χ4v) is 4.29. The van der Waals surface area contributed by atoms with Gasteiger partial charge in [-0.15, -0.1) is 11.3 Å². The van der Waals surface area contributed by atoms with Gasteiger partial charge in [0.1, 0.15) is 5.01 Å². The van der Waals surface area contributed by atoms with Gasteiger partial charge in [0.15, 0.2) is 5.78 Å². The van der Waals surface area contributed by atoms with Gasteiger partial charge in [0, 0.05) is 23.8 Å². The van der Waals surface area contributed by atoms with Crippen LogP contribution in [0, 0.1) is 6.92 Å². The van der Waals surface area contributed by atoms with Gasteiger partial charge < -0.3 is 0 Å². The van der Waals surface area contributed by atoms with Crippen molar-refractivity contribution in [3.63, 3.8) is 0 Å². The number of aryl methyl sites for hydroxylation is 2. The van der Waals surface area contributed by atoms with E-state index in [1.165, 1.54) is 10.4 Å². The van der Waals surface area contributed by atoms with Crippen LogP contribution in [0.25, 0.3) is 0 Å². The number of hydrogen-bond donors (Lipinski definition) is 0. The number of carbonyl (C=O) groups is 1. The van der Waals surface area contributed by atoms with E-state index < -0.39 is 0 Å². The first-order valence-electron chi connectivity index (χ1n) is 8.28. The van der Waals surface area contributed by atoms with Crippen molar-refractivity contribution < 1.29 is 4.79 Å². The summed E-state index contributed by atoms with van der Waals surface area (Å²) in [6.45, 7) is 6.03. The van der Waals surface area contributed by atoms with Gasteiger partial charge in [0.2, 0.25) is 0 Å². The maximum Gasteiger partial charge on any atom is 0.156 e. The number of thiazole rings is 1. The van der Waals surface area contributed by atoms with Crippen LogP contribution in [0.3, 0.4) is 0 Å². The van der Waals surface area contributed by atoms with E-state index in [1.807, 2.05) is 24.5 Å². The molecule has 23 heavy (non-hydrogen) atoms. The Morgan fingerprint density at radius 3 is 2.87 bits per heavy atom. The topological polar surface area (TPSA) is 46.1 Å². The predicted molar refractivity (Wildman–Crippen MR) is 92.6 cm³/mol. The third-order valence-corrected chi connectivity index (χ3v) is 5.48. The van der Waals surface area contributed by atoms with Crippen molar-refractivity contribution in [3.8, 4) is 0 Å². The number of ketones is 1. The molecule has 1 fully saturated rings. The molecule has 0 radical (unpaired) electrons. The van der Waals surface area contributed by atoms with Crippen LogP contribution < -0.4 is 0 Å². The highest BCUT2D eigenvalue weighted by molar-refractivity contribution is 7.11. The Morgan fingerprint density at radius 2 is 2.17 bits per heavy atom. The highest BCUT2D eigenvalue weighted by Gasteiger charge is 2.30. The summed E-state index contributed by atoms with van der Waals surface area (Å²) in [5.74, 6) is 0.313. The second-order valence-electron chi connectivity index (χ2n) is 6.09. The van der Waals surface area contributed by atoms with E-state index in [2.05, 4.69) is 28.7 Å². The SMILES string of the molecule is CCc1nc(CC(=O)[C@@H]2CCCN2Cc2ccncc2)sc1C. The third kappa shape index (κ3) is 3.85. The Morgan fingerprint density at radius 1 is 1.39 bits per heavy atom. The standard InChI is InChI=1S/C18H23N3OS/c1-3-15-13(2)23-18(20-15)11-17(22)16-5-4-10-21(16)12-14-6-8-19-9-7-14/h6-9,16H,3-5,10-12H2,1-2H3/t16-/m0/s1. The average molecular weight is 329 g/mol. The lowest BCUT2D eigenvalue weighted by molar-refractivity contribution is -0.122. The van der Waals surface area contributed by atoms with E-state index in [0.29, 0.717) is 12.2 Å². The molecule has 1 atom stereocenters. The molecule has 1 aliphatic rings. The number of carbonyl (C=O) groups excluding carboxylic acids is 1. The van der Waals surface area contributed by atoms with E-state index in [9.17, 15) is 4.79 Å². The Balaban J connectivity index is 1.65. The Hall–Kier alpha value is -1.59. The van der Waals surface area contributed by atoms with Crippen LogP contribution in [0.5, 0.6) is 0 Å². The van der Waals surface area contributed by atoms with Gasteiger partial charge in [-0.05, 0) is 50.4 Å². The molecule has 5 heteroatoms. The zero-order valence-electron chi connectivity index (χ0n) is 13.8. The second kappa shape index (κ2) is 7.32. The summed E-state index contributed by atoms with van der Waals surface area (Å²) in [5.41, 5.74) is 2.36. The van der Waals surface area contributed by atoms with Gasteiger partial charge in [-0.25, -0.2) is 4.98 Å². The monoisotopic (exact) mass is 329 g/mol. The highest BCUT2D eigenvalue weighted by Crippen LogP contribution is 2.24. The molecule has 0 aromatic carbocycles. The molecule has 3 rings (SSSR count). The van der Waals surface area contributed by atoms with Gasteiger partial charge >= 0.3 is 0 Å². The lowest BCUT2D eigenvalue weighted by atomic mass is 10.1. The smallest absolute Gasteiger partial charge is 0.156 e. The minimum Gasteiger partial charge on any atom is -0.297 e. The number of aromatic nitrogens is 2. The molecule has 0 spiro atoms. The normalized spacial score (nSPS) is 18.4. The van der Waals surface area contributed by atoms with Gasteiger partial charge in [-0.2, -0.15) is 0 Å². The van der Waals surface area contributed by atoms with Crippen molar-refractivity contribution in [2.24, 2.45) is 0 Å². The zero-order chi connectivity index (χ0) is 16.2. The van der Waals surface area contributed by atoms with Gasteiger partial charge in [0.05, 0.1) is 18.2 Å². The molecule has 4 nitrogen and oxygen atoms in total. The van der Waals surface area contributed by atoms with Crippen molar-refractivity contribution >= 4 is 17.1 Å². The zero-order valence-corrected chi connectivity index (χ0v) is 14.6. The van der Waals surface area contributed by atoms with Crippen molar-refractivity contribution in [3.05, 3.63) is 45.7 Å². The fraction of sp³-hybridized carbons (Fsp3) is 0.500. The van der Waals surface area contributed by atoms with Gasteiger partial charge in [-0.3, -0.25) is 14.7 Å². The molecule has 0 aliphatic carbocycles. The van der Waals surface area contributed by atoms with E-state index in [0.717, 1.165) is 43.1 Å². The number of Topliss-reactive ketones (excluding diaryl/α,β-unsaturated/α-hetero) is 1. The number of rotatable bonds is 6. The van der Waals surface area contributed by atoms with E-state index in [4.69, 9.17) is 0 Å². The second-order valence-corrected chi connectivity index (χ2v) is 7.38. The molecular weight excluding hydrogens is 306 g/mol. The first kappa shape index (κ1) is 16.3. The molecule has 2 aromatic rings. The Bertz CT molecular complexity index is 668. The van der Waals surface area contributed by atoms with Crippen molar-refractivity contribution in [2.75, 3.05) is 6.54 Å². The molecule has 0 bridgehead atoms. The minimum atomic E-state index is 0.0393. The van der Waals surface area contributed by atoms with E-state index in [-0.39, 0.29) is 6.04 Å². The maximum atomic E-state index is 12.7. The van der Waals surface area contributed by atoms with Crippen molar-refractivity contribution in [1.29, 1.82) is 0 Å². The Labute approximate surface area is 141 Å². The molecule has 2 aromatic heterocycles. The lowest BCUT2D eigenvalue weighted by Gasteiger charge is -2.23. The molecule has 1 aliphatic heterocycles. The minimum absolute atomic E-state index is 0.0393. The van der Waals surface area contributed by atoms with Crippen LogP contribution in [-0.2, 0) is 24.2 Å². The van der Waals surface area contributed by atoms with Crippen LogP contribution in [0.4, 0.5) is 0 Å². The highest BCUT2D eigenvalue weighted by atomic mass is 32.1. The van der Waals surface area contributed by atoms with Crippen molar-refractivity contribution in [2.45, 2.75) is 52.1 Å². The largest absolute Gasteiger partial charge is 0.297 e. The summed E-state index contributed by atoms with van der Waals surface area (Å²) in [7, 11) is 0. The number of nitrogens with zero attached hydrogens (tertiary/aromatic N) is 3. The van der Waals surface area contributed by atoms with Crippen molar-refractivity contribution in [1.82, 2.24) is 14.9 Å². The molecular formula is C18H23N3OS. The first-order chi connectivity index (χ1) is 11.2. The van der Waals surface area contributed by atoms with Gasteiger partial charge in [0.25, 0.3) is 0 Å². The van der Waals surface area contributed by atoms with E-state index >= 15 is 0 Å². The van der Waals surface area contributed by atoms with Crippen LogP contribution >= 0.6 is 11.3 Å². The lowest BCUT2D eigenvalue weighted by Crippen LogP contribution is -2.36. The molecule has 3 heterocycles. The van der Waals surface area contributed by atoms with Crippen LogP contribution in [0.2, 0.25) is 0 Å². The fourth-order valence-electron chi connectivity index (χ4n) is 3.26. The third-order valence-electron chi connectivity index (χ3n) is 4.47. The number of hydrogen-bond acceptors (Lipinski definition) is 5. The molecule has 1 saturated heterocycles. The molecule has 122 valence electrons. The molecule has 0 unspecified atom stereocenters. The summed E-state index contributed by atoms with van der Waals surface area (Å²) in [5, 5.41) is 0.972. The Kier molecular flexibility index (Phi) is 5.18. The van der Waals surface area contributed by atoms with E-state index in [1.54, 1.807) is 11.3 Å². The number of pyridine rings is 1. The summed E-state index contributed by atoms with van der Waals surface area (Å²) in [4.78, 5) is 25.0. The summed E-state index contributed by atoms with van der Waals surface area (Å²) >= 11 is 1.67. The van der Waals surface area contributed by atoms with Crippen LogP contribution in [0.1, 0.15) is 40.9 Å². The summed E-state index contributed by atoms with van der Waals surface area (Å²) in [6.07, 6.45) is 7.10. The molecule has 0 N–H and O–H groups in total. The maximum absolute atomic E-state index is 12.7. The van der Waals surface area contributed by atoms with Crippen LogP contribution in [-0.4, -0.2) is 33.2 Å². The van der Waals surface area contributed by atoms with Crippen LogP contribution in [0.15, 0.2) is 24.5 Å². The van der Waals surface area contributed by atoms with Gasteiger partial charge in [-0.1, -0.05) is 6.92 Å². The first-order valence-corrected chi connectivity index (χ1v) is 9.10. The average Bonchev–Trinajstić information content (AvgIpc) is 3.14. The molecule has 0 saturated carbocycles. The molecule has 0 amide bonds. The summed E-state index contributed by atoms with van der Waals surface area (Å²) < 4.78 is 0. The summed E-state index contributed by atoms with van der Waals surface area (Å²) in [6, 6.07) is 4.09. The number of likely N-dealkylation sites (tertiary alicyclic amines) is 1. The quantitative estimate of drug-likeness (QED) is 0.816. The predicted octanol–water partition coefficient (Wildman–Crippen LogP) is 3.19.